The van der Waals surface area contributed by atoms with Gasteiger partial charge in [0.05, 0.1) is 24.4 Å². The lowest BCUT2D eigenvalue weighted by Crippen LogP contribution is -2.29. The average Bonchev–Trinajstić information content (AvgIpc) is 3.08. The predicted octanol–water partition coefficient (Wildman–Crippen LogP) is 4.31. The normalized spacial score (nSPS) is 15.9. The maximum atomic E-state index is 14.1. The number of ether oxygens (including phenoxy) is 2. The number of hydrogen-bond acceptors (Lipinski definition) is 5. The molecular weight excluding hydrogens is 436 g/mol. The van der Waals surface area contributed by atoms with E-state index in [-0.39, 0.29) is 24.3 Å². The summed E-state index contributed by atoms with van der Waals surface area (Å²) >= 11 is 0. The van der Waals surface area contributed by atoms with Crippen molar-refractivity contribution in [1.82, 2.24) is 0 Å². The highest BCUT2D eigenvalue weighted by molar-refractivity contribution is 6.04. The highest BCUT2D eigenvalue weighted by Gasteiger charge is 2.36. The van der Waals surface area contributed by atoms with Crippen molar-refractivity contribution in [1.29, 1.82) is 0 Å². The van der Waals surface area contributed by atoms with Gasteiger partial charge in [-0.1, -0.05) is 0 Å². The molecule has 1 aliphatic heterocycles. The zero-order valence-corrected chi connectivity index (χ0v) is 18.7. The lowest BCUT2D eigenvalue weighted by atomic mass is 10.1. The number of halogens is 2. The molecule has 0 spiro atoms. The summed E-state index contributed by atoms with van der Waals surface area (Å²) in [6, 6.07) is 7.53. The minimum absolute atomic E-state index is 0.0492. The predicted molar refractivity (Wildman–Crippen MR) is 118 cm³/mol. The van der Waals surface area contributed by atoms with E-state index in [0.717, 1.165) is 11.0 Å². The number of carbonyl (C=O) groups is 3. The Hall–Kier alpha value is -3.69. The zero-order chi connectivity index (χ0) is 24.3. The van der Waals surface area contributed by atoms with Crippen LogP contribution in [-0.2, 0) is 14.3 Å². The van der Waals surface area contributed by atoms with Crippen LogP contribution < -0.4 is 20.3 Å². The van der Waals surface area contributed by atoms with Gasteiger partial charge in [0.25, 0.3) is 0 Å². The van der Waals surface area contributed by atoms with E-state index in [0.29, 0.717) is 17.5 Å². The van der Waals surface area contributed by atoms with E-state index in [1.165, 1.54) is 19.2 Å². The number of amides is 3. The van der Waals surface area contributed by atoms with Crippen molar-refractivity contribution in [2.75, 3.05) is 29.2 Å². The third kappa shape index (κ3) is 5.97. The molecule has 1 aliphatic rings. The molecule has 2 aromatic rings. The van der Waals surface area contributed by atoms with Gasteiger partial charge >= 0.3 is 6.09 Å². The first kappa shape index (κ1) is 24.0. The Labute approximate surface area is 189 Å². The summed E-state index contributed by atoms with van der Waals surface area (Å²) in [5.41, 5.74) is -0.147. The Morgan fingerprint density at radius 1 is 1.09 bits per heavy atom. The van der Waals surface area contributed by atoms with Crippen molar-refractivity contribution >= 4 is 35.0 Å². The lowest BCUT2D eigenvalue weighted by Gasteiger charge is -2.20. The first-order chi connectivity index (χ1) is 15.5. The van der Waals surface area contributed by atoms with Gasteiger partial charge in [0.15, 0.2) is 0 Å². The van der Waals surface area contributed by atoms with Crippen molar-refractivity contribution < 1.29 is 32.6 Å². The molecule has 1 atom stereocenters. The van der Waals surface area contributed by atoms with Crippen LogP contribution in [0, 0.1) is 17.6 Å². The molecule has 1 fully saturated rings. The van der Waals surface area contributed by atoms with Gasteiger partial charge in [0.2, 0.25) is 11.8 Å². The number of nitrogens with one attached hydrogen (secondary N) is 2. The Morgan fingerprint density at radius 3 is 2.45 bits per heavy atom. The fraction of sp³-hybridized carbons (Fsp3) is 0.348. The molecule has 2 aromatic carbocycles. The van der Waals surface area contributed by atoms with E-state index >= 15 is 0 Å². The van der Waals surface area contributed by atoms with E-state index in [1.54, 1.807) is 32.9 Å². The molecule has 0 aliphatic carbocycles. The van der Waals surface area contributed by atoms with Crippen LogP contribution in [0.3, 0.4) is 0 Å². The van der Waals surface area contributed by atoms with Crippen LogP contribution in [0.4, 0.5) is 30.6 Å². The molecule has 1 unspecified atom stereocenters. The number of hydrogen-bond donors (Lipinski definition) is 2. The first-order valence-corrected chi connectivity index (χ1v) is 10.2. The number of rotatable bonds is 5. The Balaban J connectivity index is 1.71. The first-order valence-electron chi connectivity index (χ1n) is 10.2. The summed E-state index contributed by atoms with van der Waals surface area (Å²) in [5.74, 6) is -2.92. The number of anilines is 3. The third-order valence-electron chi connectivity index (χ3n) is 4.80. The van der Waals surface area contributed by atoms with Crippen LogP contribution >= 0.6 is 0 Å². The van der Waals surface area contributed by atoms with E-state index < -0.39 is 41.1 Å². The minimum atomic E-state index is -0.877. The Kier molecular flexibility index (Phi) is 6.85. The van der Waals surface area contributed by atoms with Crippen LogP contribution in [0.1, 0.15) is 27.2 Å². The molecule has 10 heteroatoms. The van der Waals surface area contributed by atoms with Crippen molar-refractivity contribution in [3.63, 3.8) is 0 Å². The van der Waals surface area contributed by atoms with Crippen LogP contribution in [0.5, 0.6) is 5.75 Å². The Morgan fingerprint density at radius 2 is 1.82 bits per heavy atom. The molecule has 0 aromatic heterocycles. The summed E-state index contributed by atoms with van der Waals surface area (Å²) in [5, 5.41) is 5.27. The van der Waals surface area contributed by atoms with Crippen molar-refractivity contribution in [2.24, 2.45) is 5.92 Å². The summed E-state index contributed by atoms with van der Waals surface area (Å²) in [7, 11) is 1.43. The lowest BCUT2D eigenvalue weighted by molar-refractivity contribution is -0.122. The third-order valence-corrected chi connectivity index (χ3v) is 4.80. The van der Waals surface area contributed by atoms with Crippen molar-refractivity contribution in [2.45, 2.75) is 32.8 Å². The molecule has 3 amide bonds. The minimum Gasteiger partial charge on any atom is -0.495 e. The van der Waals surface area contributed by atoms with E-state index in [1.807, 2.05) is 0 Å². The van der Waals surface area contributed by atoms with E-state index in [4.69, 9.17) is 9.47 Å². The van der Waals surface area contributed by atoms with Crippen LogP contribution in [-0.4, -0.2) is 37.2 Å². The summed E-state index contributed by atoms with van der Waals surface area (Å²) < 4.78 is 37.7. The standard InChI is InChI=1S/C23H25F2N3O5/c1-23(2,3)33-22(31)27-17-11-15(6-8-19(17)32-4)26-21(30)13-9-20(29)28(12-13)18-7-5-14(24)10-16(18)25/h5-8,10-11,13H,9,12H2,1-4H3,(H,26,30)(H,27,31). The summed E-state index contributed by atoms with van der Waals surface area (Å²) in [4.78, 5) is 38.4. The molecule has 1 saturated heterocycles. The molecule has 3 rings (SSSR count). The molecular formula is C23H25F2N3O5. The molecule has 0 saturated carbocycles. The maximum absolute atomic E-state index is 14.1. The average molecular weight is 461 g/mol. The van der Waals surface area contributed by atoms with E-state index in [2.05, 4.69) is 10.6 Å². The Bertz CT molecular complexity index is 1080. The maximum Gasteiger partial charge on any atom is 0.412 e. The fourth-order valence-corrected chi connectivity index (χ4v) is 3.36. The smallest absolute Gasteiger partial charge is 0.412 e. The molecule has 0 bridgehead atoms. The summed E-state index contributed by atoms with van der Waals surface area (Å²) in [6.45, 7) is 5.13. The molecule has 33 heavy (non-hydrogen) atoms. The second-order valence-electron chi connectivity index (χ2n) is 8.53. The van der Waals surface area contributed by atoms with E-state index in [9.17, 15) is 23.2 Å². The number of methoxy groups -OCH3 is 1. The number of carbonyl (C=O) groups excluding carboxylic acids is 3. The quantitative estimate of drug-likeness (QED) is 0.692. The largest absolute Gasteiger partial charge is 0.495 e. The van der Waals surface area contributed by atoms with Gasteiger partial charge in [-0.2, -0.15) is 0 Å². The van der Waals surface area contributed by atoms with Gasteiger partial charge in [0.1, 0.15) is 23.0 Å². The second-order valence-corrected chi connectivity index (χ2v) is 8.53. The molecule has 8 nitrogen and oxygen atoms in total. The fourth-order valence-electron chi connectivity index (χ4n) is 3.36. The summed E-state index contributed by atoms with van der Waals surface area (Å²) in [6.07, 6.45) is -0.815. The molecule has 0 radical (unpaired) electrons. The van der Waals surface area contributed by atoms with Gasteiger partial charge in [-0.25, -0.2) is 13.6 Å². The highest BCUT2D eigenvalue weighted by atomic mass is 19.1. The van der Waals surface area contributed by atoms with Gasteiger partial charge in [-0.15, -0.1) is 0 Å². The SMILES string of the molecule is COc1ccc(NC(=O)C2CC(=O)N(c3ccc(F)cc3F)C2)cc1NC(=O)OC(C)(C)C. The molecule has 1 heterocycles. The number of nitrogens with zero attached hydrogens (tertiary/aromatic N) is 1. The monoisotopic (exact) mass is 461 g/mol. The van der Waals surface area contributed by atoms with Gasteiger partial charge < -0.3 is 19.7 Å². The van der Waals surface area contributed by atoms with Crippen LogP contribution in [0.2, 0.25) is 0 Å². The molecule has 176 valence electrons. The molecule has 2 N–H and O–H groups in total. The van der Waals surface area contributed by atoms with Crippen LogP contribution in [0.25, 0.3) is 0 Å². The zero-order valence-electron chi connectivity index (χ0n) is 18.7. The van der Waals surface area contributed by atoms with Crippen LogP contribution in [0.15, 0.2) is 36.4 Å². The van der Waals surface area contributed by atoms with Gasteiger partial charge in [-0.3, -0.25) is 14.9 Å². The van der Waals surface area contributed by atoms with Crippen molar-refractivity contribution in [3.05, 3.63) is 48.0 Å². The van der Waals surface area contributed by atoms with Gasteiger partial charge in [0, 0.05) is 24.7 Å². The highest BCUT2D eigenvalue weighted by Crippen LogP contribution is 2.31. The second kappa shape index (κ2) is 9.43. The van der Waals surface area contributed by atoms with Crippen molar-refractivity contribution in [3.8, 4) is 5.75 Å². The van der Waals surface area contributed by atoms with Gasteiger partial charge in [-0.05, 0) is 51.1 Å². The number of benzene rings is 2. The topological polar surface area (TPSA) is 97.0 Å².